The highest BCUT2D eigenvalue weighted by molar-refractivity contribution is 6.00. The van der Waals surface area contributed by atoms with Gasteiger partial charge in [0.05, 0.1) is 29.5 Å². The van der Waals surface area contributed by atoms with Crippen LogP contribution in [0.2, 0.25) is 0 Å². The van der Waals surface area contributed by atoms with Crippen LogP contribution in [0.1, 0.15) is 28.4 Å². The van der Waals surface area contributed by atoms with Gasteiger partial charge in [0.15, 0.2) is 0 Å². The zero-order valence-electron chi connectivity index (χ0n) is 15.5. The topological polar surface area (TPSA) is 78.2 Å². The summed E-state index contributed by atoms with van der Waals surface area (Å²) < 4.78 is 0. The minimum Gasteiger partial charge on any atom is -0.341 e. The van der Waals surface area contributed by atoms with Gasteiger partial charge in [0.25, 0.3) is 5.91 Å². The summed E-state index contributed by atoms with van der Waals surface area (Å²) in [7, 11) is 0. The molecule has 0 bridgehead atoms. The number of carbonyl (C=O) groups is 1. The smallest absolute Gasteiger partial charge is 0.276 e. The molecule has 6 nitrogen and oxygen atoms in total. The Morgan fingerprint density at radius 3 is 2.50 bits per heavy atom. The van der Waals surface area contributed by atoms with E-state index < -0.39 is 0 Å². The number of para-hydroxylation sites is 1. The van der Waals surface area contributed by atoms with E-state index in [1.807, 2.05) is 42.2 Å². The van der Waals surface area contributed by atoms with Crippen molar-refractivity contribution in [2.24, 2.45) is 0 Å². The lowest BCUT2D eigenvalue weighted by Gasteiger charge is -2.25. The molecule has 0 unspecified atom stereocenters. The van der Waals surface area contributed by atoms with Crippen molar-refractivity contribution in [1.82, 2.24) is 10.5 Å². The van der Waals surface area contributed by atoms with Gasteiger partial charge < -0.3 is 4.90 Å². The van der Waals surface area contributed by atoms with Crippen LogP contribution in [0.3, 0.4) is 0 Å². The van der Waals surface area contributed by atoms with Crippen molar-refractivity contribution in [2.45, 2.75) is 13.5 Å². The highest BCUT2D eigenvalue weighted by Crippen LogP contribution is 2.27. The molecule has 3 rings (SSSR count). The van der Waals surface area contributed by atoms with Gasteiger partial charge in [-0.25, -0.2) is 5.48 Å². The molecule has 0 saturated carbocycles. The Morgan fingerprint density at radius 2 is 1.82 bits per heavy atom. The minimum absolute atomic E-state index is 0.210. The fourth-order valence-electron chi connectivity index (χ4n) is 2.83. The van der Waals surface area contributed by atoms with Crippen molar-refractivity contribution in [2.75, 3.05) is 11.4 Å². The van der Waals surface area contributed by atoms with Crippen LogP contribution in [0, 0.1) is 11.3 Å². The van der Waals surface area contributed by atoms with Crippen molar-refractivity contribution in [3.8, 4) is 6.07 Å². The molecule has 0 saturated heterocycles. The largest absolute Gasteiger partial charge is 0.341 e. The predicted molar refractivity (Wildman–Crippen MR) is 107 cm³/mol. The molecule has 0 spiro atoms. The number of anilines is 2. The Morgan fingerprint density at radius 1 is 1.11 bits per heavy atom. The lowest BCUT2D eigenvalue weighted by Crippen LogP contribution is -2.27. The molecule has 2 aromatic carbocycles. The monoisotopic (exact) mass is 372 g/mol. The van der Waals surface area contributed by atoms with Gasteiger partial charge >= 0.3 is 0 Å². The van der Waals surface area contributed by atoms with Gasteiger partial charge in [-0.05, 0) is 48.9 Å². The summed E-state index contributed by atoms with van der Waals surface area (Å²) in [6.45, 7) is 2.93. The molecule has 1 N–H and O–H groups in total. The van der Waals surface area contributed by atoms with E-state index in [1.165, 1.54) is 0 Å². The highest BCUT2D eigenvalue weighted by atomic mass is 16.6. The van der Waals surface area contributed by atoms with Gasteiger partial charge in [0.2, 0.25) is 0 Å². The molecule has 140 valence electrons. The average molecular weight is 372 g/mol. The number of nitriles is 1. The van der Waals surface area contributed by atoms with Gasteiger partial charge in [-0.1, -0.05) is 24.3 Å². The maximum absolute atomic E-state index is 12.7. The number of nitrogens with one attached hydrogen (secondary N) is 1. The summed E-state index contributed by atoms with van der Waals surface area (Å²) in [4.78, 5) is 24.2. The first-order valence-electron chi connectivity index (χ1n) is 8.90. The molecular formula is C22H20N4O2. The van der Waals surface area contributed by atoms with Crippen LogP contribution in [0.15, 0.2) is 73.1 Å². The fraction of sp³-hybridized carbons (Fsp3) is 0.136. The Kier molecular flexibility index (Phi) is 6.34. The Hall–Kier alpha value is -3.69. The molecule has 3 aromatic rings. The van der Waals surface area contributed by atoms with Crippen LogP contribution >= 0.6 is 0 Å². The fourth-order valence-corrected chi connectivity index (χ4v) is 2.83. The van der Waals surface area contributed by atoms with Crippen molar-refractivity contribution >= 4 is 17.3 Å². The van der Waals surface area contributed by atoms with E-state index in [2.05, 4.69) is 16.5 Å². The van der Waals surface area contributed by atoms with Crippen molar-refractivity contribution < 1.29 is 9.63 Å². The molecule has 0 radical (unpaired) electrons. The maximum atomic E-state index is 12.7. The van der Waals surface area contributed by atoms with Crippen LogP contribution < -0.4 is 10.4 Å². The predicted octanol–water partition coefficient (Wildman–Crippen LogP) is 3.97. The van der Waals surface area contributed by atoms with Gasteiger partial charge in [0.1, 0.15) is 0 Å². The van der Waals surface area contributed by atoms with Crippen molar-refractivity contribution in [3.63, 3.8) is 0 Å². The average Bonchev–Trinajstić information content (AvgIpc) is 2.76. The molecule has 0 fully saturated rings. The van der Waals surface area contributed by atoms with Crippen LogP contribution in [0.25, 0.3) is 0 Å². The normalized spacial score (nSPS) is 10.1. The van der Waals surface area contributed by atoms with E-state index in [0.717, 1.165) is 16.9 Å². The molecule has 0 aliphatic heterocycles. The lowest BCUT2D eigenvalue weighted by molar-refractivity contribution is 0.0234. The van der Waals surface area contributed by atoms with E-state index in [-0.39, 0.29) is 12.5 Å². The third kappa shape index (κ3) is 4.53. The first-order valence-corrected chi connectivity index (χ1v) is 8.90. The zero-order valence-corrected chi connectivity index (χ0v) is 15.5. The number of carbonyl (C=O) groups excluding carboxylic acids is 1. The van der Waals surface area contributed by atoms with Gasteiger partial charge in [-0.15, -0.1) is 0 Å². The lowest BCUT2D eigenvalue weighted by atomic mass is 10.1. The van der Waals surface area contributed by atoms with E-state index in [0.29, 0.717) is 17.7 Å². The van der Waals surface area contributed by atoms with Gasteiger partial charge in [-0.2, -0.15) is 5.26 Å². The molecule has 0 atom stereocenters. The number of aromatic nitrogens is 1. The van der Waals surface area contributed by atoms with Gasteiger partial charge in [-0.3, -0.25) is 14.6 Å². The van der Waals surface area contributed by atoms with Crippen LogP contribution in [-0.2, 0) is 11.4 Å². The summed E-state index contributed by atoms with van der Waals surface area (Å²) in [6, 6.07) is 20.3. The van der Waals surface area contributed by atoms with Crippen molar-refractivity contribution in [3.05, 3.63) is 89.7 Å². The second-order valence-electron chi connectivity index (χ2n) is 6.00. The Labute approximate surface area is 164 Å². The number of benzene rings is 2. The first-order chi connectivity index (χ1) is 13.7. The maximum Gasteiger partial charge on any atom is 0.276 e. The molecule has 28 heavy (non-hydrogen) atoms. The number of hydroxylamine groups is 1. The molecule has 0 aliphatic rings. The minimum atomic E-state index is -0.322. The van der Waals surface area contributed by atoms with Crippen LogP contribution in [0.5, 0.6) is 0 Å². The number of hydrogen-bond acceptors (Lipinski definition) is 5. The third-order valence-corrected chi connectivity index (χ3v) is 4.22. The molecule has 1 heterocycles. The molecule has 1 amide bonds. The summed E-state index contributed by atoms with van der Waals surface area (Å²) in [5, 5.41) is 8.83. The SMILES string of the molecule is CCN(c1ccncc1)c1ccccc1C(=O)NOCc1ccc(C#N)cc1. The number of amides is 1. The quantitative estimate of drug-likeness (QED) is 0.635. The zero-order chi connectivity index (χ0) is 19.8. The van der Waals surface area contributed by atoms with E-state index in [1.54, 1.807) is 42.7 Å². The first kappa shape index (κ1) is 19.1. The number of pyridine rings is 1. The number of hydrogen-bond donors (Lipinski definition) is 1. The van der Waals surface area contributed by atoms with E-state index in [9.17, 15) is 4.79 Å². The van der Waals surface area contributed by atoms with Gasteiger partial charge in [0, 0.05) is 24.6 Å². The highest BCUT2D eigenvalue weighted by Gasteiger charge is 2.16. The third-order valence-electron chi connectivity index (χ3n) is 4.22. The molecule has 6 heteroatoms. The summed E-state index contributed by atoms with van der Waals surface area (Å²) in [6.07, 6.45) is 3.45. The molecule has 1 aromatic heterocycles. The number of nitrogens with zero attached hydrogens (tertiary/aromatic N) is 3. The van der Waals surface area contributed by atoms with Crippen LogP contribution in [0.4, 0.5) is 11.4 Å². The van der Waals surface area contributed by atoms with Crippen LogP contribution in [-0.4, -0.2) is 17.4 Å². The second-order valence-corrected chi connectivity index (χ2v) is 6.00. The van der Waals surface area contributed by atoms with E-state index in [4.69, 9.17) is 10.1 Å². The van der Waals surface area contributed by atoms with E-state index >= 15 is 0 Å². The summed E-state index contributed by atoms with van der Waals surface area (Å²) in [5.74, 6) is -0.322. The standard InChI is InChI=1S/C22H20N4O2/c1-2-26(19-11-13-24-14-12-19)21-6-4-3-5-20(21)22(27)25-28-16-18-9-7-17(15-23)8-10-18/h3-14H,2,16H2,1H3,(H,25,27). The number of rotatable bonds is 7. The summed E-state index contributed by atoms with van der Waals surface area (Å²) in [5.41, 5.74) is 6.20. The molecular weight excluding hydrogens is 352 g/mol. The Balaban J connectivity index is 1.71. The summed E-state index contributed by atoms with van der Waals surface area (Å²) >= 11 is 0. The van der Waals surface area contributed by atoms with Crippen molar-refractivity contribution in [1.29, 1.82) is 5.26 Å². The second kappa shape index (κ2) is 9.31. The molecule has 0 aliphatic carbocycles. The Bertz CT molecular complexity index is 966.